The summed E-state index contributed by atoms with van der Waals surface area (Å²) in [6.07, 6.45) is -4.94. The number of nitrogens with zero attached hydrogens (tertiary/aromatic N) is 2. The van der Waals surface area contributed by atoms with E-state index in [-0.39, 0.29) is 23.7 Å². The molecular weight excluding hydrogens is 512 g/mol. The van der Waals surface area contributed by atoms with Crippen LogP contribution in [0.4, 0.5) is 28.9 Å². The average Bonchev–Trinajstić information content (AvgIpc) is 2.84. The Morgan fingerprint density at radius 3 is 2.32 bits per heavy atom. The summed E-state index contributed by atoms with van der Waals surface area (Å²) in [4.78, 5) is 4.01. The van der Waals surface area contributed by atoms with Crippen LogP contribution in [0.15, 0.2) is 77.7 Å². The molecule has 0 amide bonds. The van der Waals surface area contributed by atoms with Crippen LogP contribution in [0.1, 0.15) is 17.2 Å². The Morgan fingerprint density at radius 2 is 1.70 bits per heavy atom. The highest BCUT2D eigenvalue weighted by Gasteiger charge is 2.34. The van der Waals surface area contributed by atoms with Crippen LogP contribution in [0.2, 0.25) is 0 Å². The molecule has 3 aromatic carbocycles. The second-order valence-corrected chi connectivity index (χ2v) is 10.9. The second-order valence-electron chi connectivity index (χ2n) is 8.88. The summed E-state index contributed by atoms with van der Waals surface area (Å²) in [7, 11) is -3.41. The molecule has 198 valence electrons. The van der Waals surface area contributed by atoms with E-state index in [9.17, 15) is 31.1 Å². The summed E-state index contributed by atoms with van der Waals surface area (Å²) < 4.78 is 79.4. The lowest BCUT2D eigenvalue weighted by Crippen LogP contribution is -2.46. The number of para-hydroxylation sites is 2. The van der Waals surface area contributed by atoms with Gasteiger partial charge in [-0.15, -0.1) is 13.2 Å². The number of anilines is 2. The van der Waals surface area contributed by atoms with E-state index in [0.29, 0.717) is 17.8 Å². The maximum absolute atomic E-state index is 13.3. The molecular formula is C26H26F4N2O4S. The molecule has 2 atom stereocenters. The van der Waals surface area contributed by atoms with Gasteiger partial charge < -0.3 is 19.6 Å². The molecule has 0 bridgehead atoms. The fraction of sp³-hybridized carbons (Fsp3) is 0.308. The molecule has 1 aliphatic heterocycles. The smallest absolute Gasteiger partial charge is 0.406 e. The number of hydrogen-bond donors (Lipinski definition) is 1. The standard InChI is InChI=1S/C26H26F4N2O4S/c1-37(34,35)22-11-9-19(10-12-22)25-17-31(15-18-5-4-6-21(13-18)36-26(28,29)30)23-7-2-3-8-24(23)32(25)16-20(33)14-27/h2-13,20,25,33H,14-17H2,1H3/t20-,25-/m0/s1. The van der Waals surface area contributed by atoms with Gasteiger partial charge in [0, 0.05) is 25.9 Å². The molecule has 1 heterocycles. The van der Waals surface area contributed by atoms with Crippen LogP contribution in [0.5, 0.6) is 5.75 Å². The molecule has 4 rings (SSSR count). The lowest BCUT2D eigenvalue weighted by Gasteiger charge is -2.45. The molecule has 6 nitrogen and oxygen atoms in total. The number of hydrogen-bond acceptors (Lipinski definition) is 6. The normalized spacial score (nSPS) is 16.9. The van der Waals surface area contributed by atoms with Gasteiger partial charge in [-0.2, -0.15) is 0 Å². The van der Waals surface area contributed by atoms with Gasteiger partial charge in [-0.1, -0.05) is 36.4 Å². The number of β-amino-alcohol motifs (C(OH)–C–C–N with tert-alkyl or cyclic N) is 1. The summed E-state index contributed by atoms with van der Waals surface area (Å²) in [6, 6.07) is 19.0. The fourth-order valence-corrected chi connectivity index (χ4v) is 5.11. The van der Waals surface area contributed by atoms with Gasteiger partial charge in [0.2, 0.25) is 0 Å². The molecule has 0 fully saturated rings. The minimum atomic E-state index is -4.81. The molecule has 11 heteroatoms. The van der Waals surface area contributed by atoms with Gasteiger partial charge in [0.25, 0.3) is 0 Å². The van der Waals surface area contributed by atoms with Crippen molar-refractivity contribution in [1.82, 2.24) is 0 Å². The summed E-state index contributed by atoms with van der Waals surface area (Å²) in [5.74, 6) is -0.323. The van der Waals surface area contributed by atoms with E-state index >= 15 is 0 Å². The molecule has 0 saturated carbocycles. The van der Waals surface area contributed by atoms with Crippen molar-refractivity contribution in [2.75, 3.05) is 35.8 Å². The van der Waals surface area contributed by atoms with Crippen molar-refractivity contribution in [3.63, 3.8) is 0 Å². The van der Waals surface area contributed by atoms with Gasteiger partial charge in [-0.05, 0) is 47.5 Å². The number of fused-ring (bicyclic) bond motifs is 1. The predicted molar refractivity (Wildman–Crippen MR) is 132 cm³/mol. The van der Waals surface area contributed by atoms with Crippen molar-refractivity contribution in [2.24, 2.45) is 0 Å². The summed E-state index contributed by atoms with van der Waals surface area (Å²) in [5, 5.41) is 10.2. The Morgan fingerprint density at radius 1 is 1.03 bits per heavy atom. The number of aliphatic hydroxyl groups is 1. The zero-order chi connectivity index (χ0) is 26.8. The number of aliphatic hydroxyl groups excluding tert-OH is 1. The molecule has 0 aromatic heterocycles. The molecule has 0 spiro atoms. The average molecular weight is 539 g/mol. The molecule has 0 radical (unpaired) electrons. The van der Waals surface area contributed by atoms with E-state index in [4.69, 9.17) is 0 Å². The molecule has 0 unspecified atom stereocenters. The first kappa shape index (κ1) is 26.7. The van der Waals surface area contributed by atoms with Gasteiger partial charge in [0.15, 0.2) is 9.84 Å². The van der Waals surface area contributed by atoms with Crippen LogP contribution in [0.25, 0.3) is 0 Å². The van der Waals surface area contributed by atoms with Crippen LogP contribution in [0.3, 0.4) is 0 Å². The van der Waals surface area contributed by atoms with Crippen molar-refractivity contribution in [3.8, 4) is 5.75 Å². The Labute approximate surface area is 212 Å². The van der Waals surface area contributed by atoms with Crippen LogP contribution < -0.4 is 14.5 Å². The Balaban J connectivity index is 1.72. The highest BCUT2D eigenvalue weighted by Crippen LogP contribution is 2.42. The molecule has 37 heavy (non-hydrogen) atoms. The highest BCUT2D eigenvalue weighted by atomic mass is 32.2. The molecule has 0 aliphatic carbocycles. The number of ether oxygens (including phenoxy) is 1. The van der Waals surface area contributed by atoms with Crippen LogP contribution in [0, 0.1) is 0 Å². The molecule has 0 saturated heterocycles. The van der Waals surface area contributed by atoms with Crippen molar-refractivity contribution >= 4 is 21.2 Å². The van der Waals surface area contributed by atoms with Gasteiger partial charge in [-0.25, -0.2) is 12.8 Å². The topological polar surface area (TPSA) is 70.1 Å². The summed E-state index contributed by atoms with van der Waals surface area (Å²) in [6.45, 7) is -0.342. The van der Waals surface area contributed by atoms with E-state index in [2.05, 4.69) is 4.74 Å². The zero-order valence-corrected chi connectivity index (χ0v) is 20.7. The second kappa shape index (κ2) is 10.6. The third kappa shape index (κ3) is 6.53. The Hall–Kier alpha value is -3.31. The van der Waals surface area contributed by atoms with E-state index in [1.807, 2.05) is 28.0 Å². The van der Waals surface area contributed by atoms with Gasteiger partial charge in [0.05, 0.1) is 28.4 Å². The summed E-state index contributed by atoms with van der Waals surface area (Å²) >= 11 is 0. The lowest BCUT2D eigenvalue weighted by atomic mass is 9.98. The number of benzene rings is 3. The van der Waals surface area contributed by atoms with Crippen LogP contribution in [-0.2, 0) is 16.4 Å². The highest BCUT2D eigenvalue weighted by molar-refractivity contribution is 7.90. The maximum Gasteiger partial charge on any atom is 0.573 e. The first-order chi connectivity index (χ1) is 17.4. The van der Waals surface area contributed by atoms with Crippen molar-refractivity contribution in [3.05, 3.63) is 83.9 Å². The SMILES string of the molecule is CS(=O)(=O)c1ccc([C@@H]2CN(Cc3cccc(OC(F)(F)F)c3)c3ccccc3N2C[C@@H](O)CF)cc1. The van der Waals surface area contributed by atoms with Gasteiger partial charge in [-0.3, -0.25) is 0 Å². The quantitative estimate of drug-likeness (QED) is 0.412. The first-order valence-electron chi connectivity index (χ1n) is 11.4. The van der Waals surface area contributed by atoms with E-state index < -0.39 is 35.0 Å². The molecule has 3 aromatic rings. The Bertz CT molecular complexity index is 1330. The number of rotatable bonds is 8. The van der Waals surface area contributed by atoms with Crippen molar-refractivity contribution in [2.45, 2.75) is 29.9 Å². The predicted octanol–water partition coefficient (Wildman–Crippen LogP) is 4.89. The maximum atomic E-state index is 13.3. The number of alkyl halides is 4. The number of halogens is 4. The zero-order valence-electron chi connectivity index (χ0n) is 19.9. The molecule has 1 aliphatic rings. The van der Waals surface area contributed by atoms with Crippen molar-refractivity contribution in [1.29, 1.82) is 0 Å². The van der Waals surface area contributed by atoms with E-state index in [0.717, 1.165) is 17.5 Å². The van der Waals surface area contributed by atoms with E-state index in [1.54, 1.807) is 24.3 Å². The van der Waals surface area contributed by atoms with Crippen LogP contribution in [-0.4, -0.2) is 52.0 Å². The molecule has 1 N–H and O–H groups in total. The third-order valence-electron chi connectivity index (χ3n) is 6.09. The van der Waals surface area contributed by atoms with Gasteiger partial charge >= 0.3 is 6.36 Å². The van der Waals surface area contributed by atoms with Crippen molar-refractivity contribution < 1.29 is 35.8 Å². The van der Waals surface area contributed by atoms with E-state index in [1.165, 1.54) is 30.3 Å². The third-order valence-corrected chi connectivity index (χ3v) is 7.21. The summed E-state index contributed by atoms with van der Waals surface area (Å²) in [5.41, 5.74) is 2.80. The van der Waals surface area contributed by atoms with Crippen LogP contribution >= 0.6 is 0 Å². The lowest BCUT2D eigenvalue weighted by molar-refractivity contribution is -0.274. The minimum Gasteiger partial charge on any atom is -0.406 e. The minimum absolute atomic E-state index is 0.00520. The monoisotopic (exact) mass is 538 g/mol. The van der Waals surface area contributed by atoms with Gasteiger partial charge in [0.1, 0.15) is 12.4 Å². The first-order valence-corrected chi connectivity index (χ1v) is 13.3. The Kier molecular flexibility index (Phi) is 7.65. The fourth-order valence-electron chi connectivity index (χ4n) is 4.48. The number of sulfone groups is 1. The largest absolute Gasteiger partial charge is 0.573 e.